The Hall–Kier alpha value is -1.22. The molecule has 1 fully saturated rings. The summed E-state index contributed by atoms with van der Waals surface area (Å²) >= 11 is 0. The van der Waals surface area contributed by atoms with Crippen molar-refractivity contribution >= 4 is 0 Å². The van der Waals surface area contributed by atoms with Gasteiger partial charge in [-0.1, -0.05) is 19.9 Å². The fourth-order valence-electron chi connectivity index (χ4n) is 3.19. The Kier molecular flexibility index (Phi) is 4.92. The van der Waals surface area contributed by atoms with E-state index in [1.807, 2.05) is 12.1 Å². The molecule has 1 aliphatic carbocycles. The van der Waals surface area contributed by atoms with Crippen LogP contribution in [0.5, 0.6) is 11.5 Å². The van der Waals surface area contributed by atoms with E-state index in [0.29, 0.717) is 6.04 Å². The van der Waals surface area contributed by atoms with Crippen LogP contribution in [-0.2, 0) is 0 Å². The Morgan fingerprint density at radius 3 is 2.45 bits per heavy atom. The Labute approximate surface area is 122 Å². The fourth-order valence-corrected chi connectivity index (χ4v) is 3.19. The van der Waals surface area contributed by atoms with Gasteiger partial charge in [0.05, 0.1) is 14.2 Å². The Morgan fingerprint density at radius 2 is 1.90 bits per heavy atom. The van der Waals surface area contributed by atoms with Crippen LogP contribution in [0.2, 0.25) is 0 Å². The van der Waals surface area contributed by atoms with Crippen molar-refractivity contribution in [3.8, 4) is 11.5 Å². The molecule has 3 heteroatoms. The van der Waals surface area contributed by atoms with Gasteiger partial charge in [-0.25, -0.2) is 0 Å². The molecule has 0 aliphatic heterocycles. The van der Waals surface area contributed by atoms with Crippen molar-refractivity contribution in [3.63, 3.8) is 0 Å². The predicted octanol–water partition coefficient (Wildman–Crippen LogP) is 3.79. The first-order valence-electron chi connectivity index (χ1n) is 7.54. The molecule has 1 N–H and O–H groups in total. The third-order valence-electron chi connectivity index (χ3n) is 4.84. The summed E-state index contributed by atoms with van der Waals surface area (Å²) in [6.45, 7) is 6.92. The first-order valence-corrected chi connectivity index (χ1v) is 7.54. The molecule has 0 bridgehead atoms. The molecule has 112 valence electrons. The second-order valence-corrected chi connectivity index (χ2v) is 6.02. The van der Waals surface area contributed by atoms with E-state index >= 15 is 0 Å². The van der Waals surface area contributed by atoms with Gasteiger partial charge in [-0.15, -0.1) is 0 Å². The predicted molar refractivity (Wildman–Crippen MR) is 82.4 cm³/mol. The molecule has 0 heterocycles. The standard InChI is InChI=1S/C17H27NO2/c1-11-6-9-16(12(11)2)18-13(3)15-8-7-14(19-4)10-17(15)20-5/h7-8,10-13,16,18H,6,9H2,1-5H3. The molecule has 4 unspecified atom stereocenters. The van der Waals surface area contributed by atoms with Crippen molar-refractivity contribution < 1.29 is 9.47 Å². The highest BCUT2D eigenvalue weighted by Gasteiger charge is 2.30. The number of rotatable bonds is 5. The monoisotopic (exact) mass is 277 g/mol. The third-order valence-corrected chi connectivity index (χ3v) is 4.84. The van der Waals surface area contributed by atoms with Gasteiger partial charge in [-0.05, 0) is 37.7 Å². The number of ether oxygens (including phenoxy) is 2. The molecular formula is C17H27NO2. The minimum Gasteiger partial charge on any atom is -0.497 e. The highest BCUT2D eigenvalue weighted by Crippen LogP contribution is 2.34. The van der Waals surface area contributed by atoms with Crippen molar-refractivity contribution in [2.45, 2.75) is 45.7 Å². The van der Waals surface area contributed by atoms with Gasteiger partial charge in [-0.3, -0.25) is 0 Å². The largest absolute Gasteiger partial charge is 0.497 e. The van der Waals surface area contributed by atoms with Gasteiger partial charge in [-0.2, -0.15) is 0 Å². The summed E-state index contributed by atoms with van der Waals surface area (Å²) in [6, 6.07) is 6.93. The van der Waals surface area contributed by atoms with Gasteiger partial charge >= 0.3 is 0 Å². The molecule has 1 aliphatic rings. The Morgan fingerprint density at radius 1 is 1.15 bits per heavy atom. The number of benzene rings is 1. The average Bonchev–Trinajstić information content (AvgIpc) is 2.78. The SMILES string of the molecule is COc1ccc(C(C)NC2CCC(C)C2C)c(OC)c1. The number of methoxy groups -OCH3 is 2. The molecule has 20 heavy (non-hydrogen) atoms. The van der Waals surface area contributed by atoms with E-state index in [0.717, 1.165) is 23.3 Å². The highest BCUT2D eigenvalue weighted by molar-refractivity contribution is 5.42. The second-order valence-electron chi connectivity index (χ2n) is 6.02. The average molecular weight is 277 g/mol. The van der Waals surface area contributed by atoms with Gasteiger partial charge in [0.2, 0.25) is 0 Å². The third kappa shape index (κ3) is 3.09. The quantitative estimate of drug-likeness (QED) is 0.888. The molecule has 0 saturated heterocycles. The topological polar surface area (TPSA) is 30.5 Å². The van der Waals surface area contributed by atoms with E-state index in [-0.39, 0.29) is 6.04 Å². The van der Waals surface area contributed by atoms with E-state index in [4.69, 9.17) is 9.47 Å². The molecule has 0 radical (unpaired) electrons. The van der Waals surface area contributed by atoms with Crippen LogP contribution >= 0.6 is 0 Å². The lowest BCUT2D eigenvalue weighted by molar-refractivity contribution is 0.338. The normalized spacial score (nSPS) is 27.4. The van der Waals surface area contributed by atoms with Crippen LogP contribution in [0.1, 0.15) is 45.2 Å². The van der Waals surface area contributed by atoms with Crippen molar-refractivity contribution in [2.75, 3.05) is 14.2 Å². The maximum atomic E-state index is 5.50. The van der Waals surface area contributed by atoms with Crippen LogP contribution in [0.3, 0.4) is 0 Å². The summed E-state index contributed by atoms with van der Waals surface area (Å²) in [7, 11) is 3.39. The lowest BCUT2D eigenvalue weighted by Crippen LogP contribution is -2.34. The molecule has 4 atom stereocenters. The first kappa shape index (κ1) is 15.2. The highest BCUT2D eigenvalue weighted by atomic mass is 16.5. The maximum Gasteiger partial charge on any atom is 0.127 e. The number of hydrogen-bond acceptors (Lipinski definition) is 3. The second kappa shape index (κ2) is 6.49. The van der Waals surface area contributed by atoms with Crippen LogP contribution in [-0.4, -0.2) is 20.3 Å². The zero-order valence-corrected chi connectivity index (χ0v) is 13.3. The summed E-state index contributed by atoms with van der Waals surface area (Å²) < 4.78 is 10.8. The van der Waals surface area contributed by atoms with Crippen LogP contribution in [0, 0.1) is 11.8 Å². The van der Waals surface area contributed by atoms with Crippen LogP contribution < -0.4 is 14.8 Å². The van der Waals surface area contributed by atoms with Crippen molar-refractivity contribution in [1.82, 2.24) is 5.32 Å². The lowest BCUT2D eigenvalue weighted by atomic mass is 9.96. The molecule has 1 aromatic rings. The van der Waals surface area contributed by atoms with Crippen LogP contribution in [0.4, 0.5) is 0 Å². The van der Waals surface area contributed by atoms with Crippen LogP contribution in [0.15, 0.2) is 18.2 Å². The smallest absolute Gasteiger partial charge is 0.127 e. The maximum absolute atomic E-state index is 5.50. The van der Waals surface area contributed by atoms with E-state index < -0.39 is 0 Å². The zero-order chi connectivity index (χ0) is 14.7. The number of hydrogen-bond donors (Lipinski definition) is 1. The van der Waals surface area contributed by atoms with Crippen molar-refractivity contribution in [2.24, 2.45) is 11.8 Å². The summed E-state index contributed by atoms with van der Waals surface area (Å²) in [5.41, 5.74) is 1.19. The zero-order valence-electron chi connectivity index (χ0n) is 13.3. The summed E-state index contributed by atoms with van der Waals surface area (Å²) in [4.78, 5) is 0. The summed E-state index contributed by atoms with van der Waals surface area (Å²) in [6.07, 6.45) is 2.59. The van der Waals surface area contributed by atoms with Gasteiger partial charge < -0.3 is 14.8 Å². The van der Waals surface area contributed by atoms with Gasteiger partial charge in [0.15, 0.2) is 0 Å². The first-order chi connectivity index (χ1) is 9.56. The van der Waals surface area contributed by atoms with Gasteiger partial charge in [0.1, 0.15) is 11.5 Å². The van der Waals surface area contributed by atoms with Crippen molar-refractivity contribution in [1.29, 1.82) is 0 Å². The van der Waals surface area contributed by atoms with Gasteiger partial charge in [0.25, 0.3) is 0 Å². The van der Waals surface area contributed by atoms with E-state index in [9.17, 15) is 0 Å². The molecule has 0 spiro atoms. The molecule has 3 nitrogen and oxygen atoms in total. The molecule has 1 aromatic carbocycles. The van der Waals surface area contributed by atoms with Gasteiger partial charge in [0, 0.05) is 23.7 Å². The van der Waals surface area contributed by atoms with E-state index in [1.165, 1.54) is 18.4 Å². The molecular weight excluding hydrogens is 250 g/mol. The Bertz CT molecular complexity index is 447. The minimum atomic E-state index is 0.286. The molecule has 0 amide bonds. The lowest BCUT2D eigenvalue weighted by Gasteiger charge is -2.25. The summed E-state index contributed by atoms with van der Waals surface area (Å²) in [5, 5.41) is 3.77. The molecule has 2 rings (SSSR count). The van der Waals surface area contributed by atoms with Crippen LogP contribution in [0.25, 0.3) is 0 Å². The molecule has 0 aromatic heterocycles. The van der Waals surface area contributed by atoms with Crippen molar-refractivity contribution in [3.05, 3.63) is 23.8 Å². The summed E-state index contributed by atoms with van der Waals surface area (Å²) in [5.74, 6) is 3.28. The van der Waals surface area contributed by atoms with E-state index in [1.54, 1.807) is 14.2 Å². The number of nitrogens with one attached hydrogen (secondary N) is 1. The fraction of sp³-hybridized carbons (Fsp3) is 0.647. The minimum absolute atomic E-state index is 0.286. The Balaban J connectivity index is 2.10. The molecule has 1 saturated carbocycles. The van der Waals surface area contributed by atoms with E-state index in [2.05, 4.69) is 32.2 Å².